The smallest absolute Gasteiger partial charge is 0.0553 e. The Labute approximate surface area is 265 Å². The molecule has 0 bridgehead atoms. The summed E-state index contributed by atoms with van der Waals surface area (Å²) >= 11 is 0. The molecule has 1 aliphatic rings. The van der Waals surface area contributed by atoms with E-state index in [0.29, 0.717) is 0 Å². The number of hydrogen-bond acceptors (Lipinski definition) is 0. The van der Waals surface area contributed by atoms with E-state index in [0.717, 1.165) is 11.4 Å². The molecule has 0 aliphatic heterocycles. The van der Waals surface area contributed by atoms with E-state index in [1.165, 1.54) is 87.4 Å². The van der Waals surface area contributed by atoms with E-state index >= 15 is 0 Å². The van der Waals surface area contributed by atoms with Crippen LogP contribution in [-0.2, 0) is 0 Å². The van der Waals surface area contributed by atoms with Gasteiger partial charge in [-0.15, -0.1) is 0 Å². The molecule has 0 fully saturated rings. The summed E-state index contributed by atoms with van der Waals surface area (Å²) in [5, 5.41) is 10.4. The van der Waals surface area contributed by atoms with Crippen LogP contribution in [0, 0.1) is 0 Å². The zero-order valence-electron chi connectivity index (χ0n) is 24.9. The fraction of sp³-hybridized carbons (Fsp3) is 0. The fourth-order valence-electron chi connectivity index (χ4n) is 8.29. The van der Waals surface area contributed by atoms with E-state index in [2.05, 4.69) is 167 Å². The summed E-state index contributed by atoms with van der Waals surface area (Å²) in [6.07, 6.45) is 0. The third kappa shape index (κ3) is 3.05. The average molecular weight is 583 g/mol. The first-order valence-electron chi connectivity index (χ1n) is 15.9. The lowest BCUT2D eigenvalue weighted by atomic mass is 9.97. The first kappa shape index (κ1) is 24.2. The molecule has 46 heavy (non-hydrogen) atoms. The van der Waals surface area contributed by atoms with Gasteiger partial charge in [0.1, 0.15) is 0 Å². The van der Waals surface area contributed by atoms with E-state index in [9.17, 15) is 0 Å². The van der Waals surface area contributed by atoms with Gasteiger partial charge in [-0.05, 0) is 98.4 Å². The van der Waals surface area contributed by atoms with Crippen LogP contribution in [-0.4, -0.2) is 9.13 Å². The molecule has 11 rings (SSSR count). The van der Waals surface area contributed by atoms with Crippen molar-refractivity contribution in [2.24, 2.45) is 0 Å². The largest absolute Gasteiger partial charge is 0.309 e. The number of hydrogen-bond donors (Lipinski definition) is 0. The molecule has 0 unspecified atom stereocenters. The van der Waals surface area contributed by atoms with Crippen molar-refractivity contribution in [3.8, 4) is 33.6 Å². The predicted molar refractivity (Wildman–Crippen MR) is 195 cm³/mol. The molecule has 8 aromatic carbocycles. The molecule has 0 N–H and O–H groups in total. The Kier molecular flexibility index (Phi) is 4.61. The van der Waals surface area contributed by atoms with Crippen LogP contribution in [0.5, 0.6) is 0 Å². The molecule has 2 nitrogen and oxygen atoms in total. The minimum absolute atomic E-state index is 1.16. The molecular weight excluding hydrogens is 556 g/mol. The molecule has 0 spiro atoms. The van der Waals surface area contributed by atoms with Crippen LogP contribution < -0.4 is 0 Å². The summed E-state index contributed by atoms with van der Waals surface area (Å²) in [6, 6.07) is 58.2. The second-order valence-corrected chi connectivity index (χ2v) is 12.5. The number of benzene rings is 8. The summed E-state index contributed by atoms with van der Waals surface area (Å²) in [4.78, 5) is 0. The Hall–Kier alpha value is -6.12. The summed E-state index contributed by atoms with van der Waals surface area (Å²) < 4.78 is 4.87. The highest BCUT2D eigenvalue weighted by molar-refractivity contribution is 6.30. The zero-order chi connectivity index (χ0) is 29.9. The van der Waals surface area contributed by atoms with E-state index in [1.54, 1.807) is 0 Å². The Bertz CT molecular complexity index is 2850. The van der Waals surface area contributed by atoms with Gasteiger partial charge in [0.05, 0.1) is 22.1 Å². The monoisotopic (exact) mass is 582 g/mol. The normalized spacial score (nSPS) is 12.3. The number of fused-ring (bicyclic) bond motifs is 11. The van der Waals surface area contributed by atoms with E-state index < -0.39 is 0 Å². The van der Waals surface area contributed by atoms with Crippen molar-refractivity contribution in [1.82, 2.24) is 9.13 Å². The Morgan fingerprint density at radius 2 is 0.804 bits per heavy atom. The maximum Gasteiger partial charge on any atom is 0.0553 e. The molecular formula is C44H26N2. The van der Waals surface area contributed by atoms with Gasteiger partial charge in [-0.25, -0.2) is 0 Å². The van der Waals surface area contributed by atoms with Crippen LogP contribution in [0.3, 0.4) is 0 Å². The van der Waals surface area contributed by atoms with Gasteiger partial charge < -0.3 is 9.13 Å². The summed E-state index contributed by atoms with van der Waals surface area (Å²) in [7, 11) is 0. The minimum atomic E-state index is 1.16. The first-order valence-corrected chi connectivity index (χ1v) is 15.9. The van der Waals surface area contributed by atoms with Gasteiger partial charge in [0, 0.05) is 32.9 Å². The number of aromatic nitrogens is 2. The third-order valence-electron chi connectivity index (χ3n) is 10.2. The van der Waals surface area contributed by atoms with E-state index in [4.69, 9.17) is 0 Å². The molecule has 2 heterocycles. The van der Waals surface area contributed by atoms with Crippen molar-refractivity contribution in [2.75, 3.05) is 0 Å². The van der Waals surface area contributed by atoms with Crippen molar-refractivity contribution < 1.29 is 0 Å². The molecule has 1 aliphatic carbocycles. The van der Waals surface area contributed by atoms with Gasteiger partial charge in [0.2, 0.25) is 0 Å². The van der Waals surface area contributed by atoms with Crippen molar-refractivity contribution in [3.05, 3.63) is 158 Å². The van der Waals surface area contributed by atoms with Crippen LogP contribution in [0.15, 0.2) is 158 Å². The Morgan fingerprint density at radius 3 is 1.50 bits per heavy atom. The minimum Gasteiger partial charge on any atom is -0.309 e. The van der Waals surface area contributed by atoms with Crippen LogP contribution >= 0.6 is 0 Å². The lowest BCUT2D eigenvalue weighted by Gasteiger charge is -2.13. The van der Waals surface area contributed by atoms with Crippen molar-refractivity contribution >= 4 is 65.2 Å². The molecule has 0 atom stereocenters. The number of para-hydroxylation sites is 2. The van der Waals surface area contributed by atoms with Gasteiger partial charge in [-0.2, -0.15) is 0 Å². The van der Waals surface area contributed by atoms with Crippen LogP contribution in [0.1, 0.15) is 0 Å². The molecule has 0 saturated carbocycles. The number of rotatable bonds is 2. The summed E-state index contributed by atoms with van der Waals surface area (Å²) in [6.45, 7) is 0. The molecule has 10 aromatic rings. The van der Waals surface area contributed by atoms with E-state index in [1.807, 2.05) is 0 Å². The van der Waals surface area contributed by atoms with Crippen molar-refractivity contribution in [1.29, 1.82) is 0 Å². The van der Waals surface area contributed by atoms with Crippen LogP contribution in [0.25, 0.3) is 98.8 Å². The fourth-order valence-corrected chi connectivity index (χ4v) is 8.29. The summed E-state index contributed by atoms with van der Waals surface area (Å²) in [5.41, 5.74) is 12.6. The Balaban J connectivity index is 1.23. The molecule has 2 aromatic heterocycles. The van der Waals surface area contributed by atoms with Gasteiger partial charge in [0.25, 0.3) is 0 Å². The molecule has 212 valence electrons. The van der Waals surface area contributed by atoms with Crippen LogP contribution in [0.4, 0.5) is 0 Å². The highest BCUT2D eigenvalue weighted by Crippen LogP contribution is 2.51. The SMILES string of the molecule is c1ccc2c(c1)-c1cccc3c1c-2cc1c3c2cc3ccccc3cc2n1-c1ccc(-n2c3ccccc3c3ccccc32)cc1. The zero-order valence-corrected chi connectivity index (χ0v) is 24.9. The van der Waals surface area contributed by atoms with Crippen molar-refractivity contribution in [2.45, 2.75) is 0 Å². The Morgan fingerprint density at radius 1 is 0.283 bits per heavy atom. The lowest BCUT2D eigenvalue weighted by Crippen LogP contribution is -1.97. The van der Waals surface area contributed by atoms with Gasteiger partial charge in [-0.3, -0.25) is 0 Å². The molecule has 0 radical (unpaired) electrons. The molecule has 0 saturated heterocycles. The third-order valence-corrected chi connectivity index (χ3v) is 10.2. The standard InChI is InChI=1S/C44H26N2/c1-2-11-28-25-41-38(24-27(28)10-1)44-36-17-9-16-35-31-12-3-4-13-32(31)37(43(35)36)26-42(44)46(41)30-22-20-29(21-23-30)45-39-18-7-5-14-33(39)34-15-6-8-19-40(34)45/h1-26H. The molecule has 0 amide bonds. The van der Waals surface area contributed by atoms with E-state index in [-0.39, 0.29) is 0 Å². The topological polar surface area (TPSA) is 9.86 Å². The maximum absolute atomic E-state index is 2.48. The second kappa shape index (κ2) is 8.74. The summed E-state index contributed by atoms with van der Waals surface area (Å²) in [5.74, 6) is 0. The van der Waals surface area contributed by atoms with Crippen LogP contribution in [0.2, 0.25) is 0 Å². The average Bonchev–Trinajstić information content (AvgIpc) is 3.74. The van der Waals surface area contributed by atoms with Gasteiger partial charge in [0.15, 0.2) is 0 Å². The molecule has 2 heteroatoms. The first-order chi connectivity index (χ1) is 22.8. The second-order valence-electron chi connectivity index (χ2n) is 12.5. The lowest BCUT2D eigenvalue weighted by molar-refractivity contribution is 1.15. The van der Waals surface area contributed by atoms with Crippen molar-refractivity contribution in [3.63, 3.8) is 0 Å². The van der Waals surface area contributed by atoms with Gasteiger partial charge in [-0.1, -0.05) is 103 Å². The quantitative estimate of drug-likeness (QED) is 0.192. The number of nitrogens with zero attached hydrogens (tertiary/aromatic N) is 2. The maximum atomic E-state index is 2.48. The predicted octanol–water partition coefficient (Wildman–Crippen LogP) is 11.8. The highest BCUT2D eigenvalue weighted by Gasteiger charge is 2.25. The van der Waals surface area contributed by atoms with Gasteiger partial charge >= 0.3 is 0 Å². The highest BCUT2D eigenvalue weighted by atomic mass is 15.0.